The molecule has 74 valence electrons. The number of hydrogen-bond acceptors (Lipinski definition) is 3. The first-order valence-corrected chi connectivity index (χ1v) is 4.44. The standard InChI is InChI=1S/C9H20O3/c1-4-9(2,11)8(10)6-5-7-12-3/h8,10-11H,4-7H2,1-3H3. The summed E-state index contributed by atoms with van der Waals surface area (Å²) in [6.45, 7) is 4.15. The maximum absolute atomic E-state index is 9.60. The van der Waals surface area contributed by atoms with Gasteiger partial charge >= 0.3 is 0 Å². The van der Waals surface area contributed by atoms with Crippen molar-refractivity contribution >= 4 is 0 Å². The van der Waals surface area contributed by atoms with E-state index in [9.17, 15) is 10.2 Å². The van der Waals surface area contributed by atoms with Gasteiger partial charge in [-0.15, -0.1) is 0 Å². The third-order valence-corrected chi connectivity index (χ3v) is 2.26. The lowest BCUT2D eigenvalue weighted by molar-refractivity contribution is -0.0692. The molecule has 0 aliphatic heterocycles. The SMILES string of the molecule is CCC(C)(O)C(O)CCCOC. The molecule has 2 atom stereocenters. The van der Waals surface area contributed by atoms with Crippen LogP contribution in [0.1, 0.15) is 33.1 Å². The first-order valence-electron chi connectivity index (χ1n) is 4.44. The normalized spacial score (nSPS) is 18.8. The Bertz CT molecular complexity index is 112. The summed E-state index contributed by atoms with van der Waals surface area (Å²) in [5.74, 6) is 0. The number of rotatable bonds is 6. The Morgan fingerprint density at radius 2 is 2.08 bits per heavy atom. The average molecular weight is 176 g/mol. The second-order valence-corrected chi connectivity index (χ2v) is 3.36. The zero-order valence-electron chi connectivity index (χ0n) is 8.21. The van der Waals surface area contributed by atoms with Crippen molar-refractivity contribution in [1.29, 1.82) is 0 Å². The van der Waals surface area contributed by atoms with E-state index in [1.54, 1.807) is 14.0 Å². The van der Waals surface area contributed by atoms with Gasteiger partial charge in [0.05, 0.1) is 11.7 Å². The number of ether oxygens (including phenoxy) is 1. The summed E-state index contributed by atoms with van der Waals surface area (Å²) >= 11 is 0. The van der Waals surface area contributed by atoms with Gasteiger partial charge in [-0.1, -0.05) is 6.92 Å². The molecule has 0 spiro atoms. The van der Waals surface area contributed by atoms with Crippen molar-refractivity contribution < 1.29 is 14.9 Å². The summed E-state index contributed by atoms with van der Waals surface area (Å²) in [6.07, 6.45) is 1.31. The molecule has 0 heterocycles. The first-order chi connectivity index (χ1) is 5.54. The van der Waals surface area contributed by atoms with Gasteiger partial charge in [0.2, 0.25) is 0 Å². The number of aliphatic hydroxyl groups is 2. The van der Waals surface area contributed by atoms with Gasteiger partial charge in [0.1, 0.15) is 0 Å². The predicted octanol–water partition coefficient (Wildman–Crippen LogP) is 0.935. The van der Waals surface area contributed by atoms with E-state index in [0.29, 0.717) is 19.4 Å². The quantitative estimate of drug-likeness (QED) is 0.592. The van der Waals surface area contributed by atoms with Crippen molar-refractivity contribution in [2.45, 2.75) is 44.8 Å². The second kappa shape index (κ2) is 5.51. The molecule has 3 nitrogen and oxygen atoms in total. The number of methoxy groups -OCH3 is 1. The molecule has 0 aromatic carbocycles. The molecule has 0 saturated carbocycles. The third-order valence-electron chi connectivity index (χ3n) is 2.26. The fourth-order valence-electron chi connectivity index (χ4n) is 0.968. The molecule has 0 aliphatic carbocycles. The van der Waals surface area contributed by atoms with Crippen molar-refractivity contribution in [3.05, 3.63) is 0 Å². The van der Waals surface area contributed by atoms with Crippen molar-refractivity contribution in [2.24, 2.45) is 0 Å². The summed E-state index contributed by atoms with van der Waals surface area (Å²) in [5, 5.41) is 19.1. The molecule has 0 radical (unpaired) electrons. The first kappa shape index (κ1) is 11.9. The summed E-state index contributed by atoms with van der Waals surface area (Å²) in [5.41, 5.74) is -0.951. The Hall–Kier alpha value is -0.120. The smallest absolute Gasteiger partial charge is 0.0874 e. The molecule has 0 aliphatic rings. The van der Waals surface area contributed by atoms with Crippen LogP contribution < -0.4 is 0 Å². The van der Waals surface area contributed by atoms with E-state index in [1.807, 2.05) is 6.92 Å². The lowest BCUT2D eigenvalue weighted by Gasteiger charge is -2.27. The van der Waals surface area contributed by atoms with E-state index < -0.39 is 11.7 Å². The average Bonchev–Trinajstić information content (AvgIpc) is 2.05. The molecule has 0 aromatic rings. The minimum Gasteiger partial charge on any atom is -0.390 e. The van der Waals surface area contributed by atoms with Crippen molar-refractivity contribution in [3.8, 4) is 0 Å². The number of hydrogen-bond donors (Lipinski definition) is 2. The molecule has 0 bridgehead atoms. The molecular weight excluding hydrogens is 156 g/mol. The molecule has 0 saturated heterocycles. The Balaban J connectivity index is 3.63. The van der Waals surface area contributed by atoms with Gasteiger partial charge < -0.3 is 14.9 Å². The molecular formula is C9H20O3. The monoisotopic (exact) mass is 176 g/mol. The van der Waals surface area contributed by atoms with Crippen LogP contribution in [0.5, 0.6) is 0 Å². The zero-order chi connectivity index (χ0) is 9.61. The number of aliphatic hydroxyl groups excluding tert-OH is 1. The van der Waals surface area contributed by atoms with Gasteiger partial charge in [-0.2, -0.15) is 0 Å². The van der Waals surface area contributed by atoms with Crippen LogP contribution >= 0.6 is 0 Å². The highest BCUT2D eigenvalue weighted by molar-refractivity contribution is 4.79. The predicted molar refractivity (Wildman–Crippen MR) is 48.0 cm³/mol. The van der Waals surface area contributed by atoms with Crippen LogP contribution in [0.15, 0.2) is 0 Å². The van der Waals surface area contributed by atoms with Gasteiger partial charge in [0.25, 0.3) is 0 Å². The van der Waals surface area contributed by atoms with Crippen LogP contribution in [0.3, 0.4) is 0 Å². The highest BCUT2D eigenvalue weighted by atomic mass is 16.5. The largest absolute Gasteiger partial charge is 0.390 e. The summed E-state index contributed by atoms with van der Waals surface area (Å²) in [7, 11) is 1.63. The van der Waals surface area contributed by atoms with Gasteiger partial charge in [0, 0.05) is 13.7 Å². The molecule has 0 rings (SSSR count). The van der Waals surface area contributed by atoms with Gasteiger partial charge in [-0.05, 0) is 26.2 Å². The van der Waals surface area contributed by atoms with E-state index in [2.05, 4.69) is 0 Å². The van der Waals surface area contributed by atoms with E-state index in [-0.39, 0.29) is 0 Å². The van der Waals surface area contributed by atoms with Crippen molar-refractivity contribution in [1.82, 2.24) is 0 Å². The fraction of sp³-hybridized carbons (Fsp3) is 1.00. The van der Waals surface area contributed by atoms with Crippen LogP contribution in [0.4, 0.5) is 0 Å². The lowest BCUT2D eigenvalue weighted by atomic mass is 9.93. The molecule has 0 aromatic heterocycles. The molecule has 3 heteroatoms. The topological polar surface area (TPSA) is 49.7 Å². The Morgan fingerprint density at radius 1 is 1.50 bits per heavy atom. The summed E-state index contributed by atoms with van der Waals surface area (Å²) in [6, 6.07) is 0. The maximum atomic E-state index is 9.60. The molecule has 0 amide bonds. The lowest BCUT2D eigenvalue weighted by Crippen LogP contribution is -2.38. The van der Waals surface area contributed by atoms with Crippen LogP contribution in [0.2, 0.25) is 0 Å². The fourth-order valence-corrected chi connectivity index (χ4v) is 0.968. The van der Waals surface area contributed by atoms with Gasteiger partial charge in [-0.3, -0.25) is 0 Å². The highest BCUT2D eigenvalue weighted by Gasteiger charge is 2.27. The minimum absolute atomic E-state index is 0.571. The highest BCUT2D eigenvalue weighted by Crippen LogP contribution is 2.17. The molecule has 12 heavy (non-hydrogen) atoms. The Labute approximate surface area is 74.4 Å². The Morgan fingerprint density at radius 3 is 2.50 bits per heavy atom. The van der Waals surface area contributed by atoms with Crippen molar-refractivity contribution in [3.63, 3.8) is 0 Å². The molecule has 2 N–H and O–H groups in total. The maximum Gasteiger partial charge on any atom is 0.0874 e. The van der Waals surface area contributed by atoms with Crippen LogP contribution in [-0.4, -0.2) is 35.6 Å². The van der Waals surface area contributed by atoms with E-state index >= 15 is 0 Å². The zero-order valence-corrected chi connectivity index (χ0v) is 8.21. The second-order valence-electron chi connectivity index (χ2n) is 3.36. The molecule has 2 unspecified atom stereocenters. The summed E-state index contributed by atoms with van der Waals surface area (Å²) in [4.78, 5) is 0. The molecule has 0 fully saturated rings. The van der Waals surface area contributed by atoms with Gasteiger partial charge in [-0.25, -0.2) is 0 Å². The van der Waals surface area contributed by atoms with Crippen LogP contribution in [0, 0.1) is 0 Å². The minimum atomic E-state index is -0.951. The van der Waals surface area contributed by atoms with E-state index in [4.69, 9.17) is 4.74 Å². The van der Waals surface area contributed by atoms with E-state index in [1.165, 1.54) is 0 Å². The third kappa shape index (κ3) is 4.04. The van der Waals surface area contributed by atoms with Crippen molar-refractivity contribution in [2.75, 3.05) is 13.7 Å². The van der Waals surface area contributed by atoms with Crippen LogP contribution in [-0.2, 0) is 4.74 Å². The van der Waals surface area contributed by atoms with Crippen LogP contribution in [0.25, 0.3) is 0 Å². The van der Waals surface area contributed by atoms with Gasteiger partial charge in [0.15, 0.2) is 0 Å². The Kier molecular flexibility index (Phi) is 5.46. The summed E-state index contributed by atoms with van der Waals surface area (Å²) < 4.78 is 4.85. The van der Waals surface area contributed by atoms with E-state index in [0.717, 1.165) is 6.42 Å².